The zero-order valence-electron chi connectivity index (χ0n) is 14.8. The van der Waals surface area contributed by atoms with Crippen molar-refractivity contribution in [3.63, 3.8) is 0 Å². The van der Waals surface area contributed by atoms with Crippen LogP contribution in [0.2, 0.25) is 5.02 Å². The van der Waals surface area contributed by atoms with E-state index in [0.29, 0.717) is 17.0 Å². The third-order valence-electron chi connectivity index (χ3n) is 4.26. The molecular formula is C22H19ClINO2. The minimum Gasteiger partial charge on any atom is -0.497 e. The largest absolute Gasteiger partial charge is 0.497 e. The van der Waals surface area contributed by atoms with Crippen LogP contribution in [-0.2, 0) is 0 Å². The number of rotatable bonds is 7. The van der Waals surface area contributed by atoms with Crippen molar-refractivity contribution < 1.29 is 9.53 Å². The van der Waals surface area contributed by atoms with Gasteiger partial charge in [0.15, 0.2) is 5.78 Å². The van der Waals surface area contributed by atoms with E-state index in [1.807, 2.05) is 48.5 Å². The molecular weight excluding hydrogens is 473 g/mol. The molecule has 138 valence electrons. The first-order valence-electron chi connectivity index (χ1n) is 8.50. The van der Waals surface area contributed by atoms with Crippen molar-refractivity contribution in [2.45, 2.75) is 12.5 Å². The Morgan fingerprint density at radius 2 is 1.63 bits per heavy atom. The lowest BCUT2D eigenvalue weighted by Crippen LogP contribution is -2.16. The van der Waals surface area contributed by atoms with Gasteiger partial charge in [0, 0.05) is 26.3 Å². The molecule has 0 saturated heterocycles. The lowest BCUT2D eigenvalue weighted by molar-refractivity contribution is 0.0976. The summed E-state index contributed by atoms with van der Waals surface area (Å²) in [4.78, 5) is 12.8. The number of ketones is 1. The molecule has 0 aliphatic rings. The van der Waals surface area contributed by atoms with Crippen LogP contribution in [0.4, 0.5) is 5.69 Å². The molecule has 3 nitrogen and oxygen atoms in total. The predicted molar refractivity (Wildman–Crippen MR) is 119 cm³/mol. The van der Waals surface area contributed by atoms with E-state index in [1.54, 1.807) is 31.4 Å². The van der Waals surface area contributed by atoms with Gasteiger partial charge in [-0.1, -0.05) is 23.7 Å². The number of ether oxygens (including phenoxy) is 1. The molecule has 3 rings (SSSR count). The Labute approximate surface area is 177 Å². The number of nitrogens with one attached hydrogen (secondary N) is 1. The molecule has 0 aliphatic heterocycles. The highest BCUT2D eigenvalue weighted by atomic mass is 127. The Morgan fingerprint density at radius 3 is 2.22 bits per heavy atom. The van der Waals surface area contributed by atoms with Crippen LogP contribution in [0.5, 0.6) is 5.75 Å². The number of hydrogen-bond acceptors (Lipinski definition) is 3. The number of anilines is 1. The van der Waals surface area contributed by atoms with Gasteiger partial charge in [-0.2, -0.15) is 0 Å². The second-order valence-electron chi connectivity index (χ2n) is 6.11. The third kappa shape index (κ3) is 5.47. The topological polar surface area (TPSA) is 38.3 Å². The highest BCUT2D eigenvalue weighted by Crippen LogP contribution is 2.26. The minimum absolute atomic E-state index is 0.0654. The van der Waals surface area contributed by atoms with Gasteiger partial charge < -0.3 is 10.1 Å². The summed E-state index contributed by atoms with van der Waals surface area (Å²) < 4.78 is 6.32. The summed E-state index contributed by atoms with van der Waals surface area (Å²) in [5.74, 6) is 0.799. The number of benzene rings is 3. The van der Waals surface area contributed by atoms with Gasteiger partial charge >= 0.3 is 0 Å². The predicted octanol–water partition coefficient (Wildman–Crippen LogP) is 6.38. The number of halogens is 2. The number of carbonyl (C=O) groups excluding carboxylic acids is 1. The highest BCUT2D eigenvalue weighted by Gasteiger charge is 2.17. The average Bonchev–Trinajstić information content (AvgIpc) is 2.70. The maximum atomic E-state index is 12.8. The number of carbonyl (C=O) groups is 1. The molecule has 3 aromatic rings. The van der Waals surface area contributed by atoms with Gasteiger partial charge in [0.05, 0.1) is 13.2 Å². The molecule has 0 aromatic heterocycles. The van der Waals surface area contributed by atoms with Gasteiger partial charge in [-0.05, 0) is 88.8 Å². The Morgan fingerprint density at radius 1 is 1.00 bits per heavy atom. The number of Topliss-reactive ketones (excluding diaryl/α,β-unsaturated/α-hetero) is 1. The van der Waals surface area contributed by atoms with Gasteiger partial charge in [-0.25, -0.2) is 0 Å². The van der Waals surface area contributed by atoms with Crippen LogP contribution in [0.25, 0.3) is 0 Å². The maximum absolute atomic E-state index is 12.8. The SMILES string of the molecule is COc1ccc(C(=O)C[C@@H](Nc2ccc(I)cc2)c2ccc(Cl)cc2)cc1. The van der Waals surface area contributed by atoms with Crippen LogP contribution in [0.1, 0.15) is 28.4 Å². The van der Waals surface area contributed by atoms with Crippen molar-refractivity contribution >= 4 is 45.7 Å². The molecule has 0 heterocycles. The zero-order chi connectivity index (χ0) is 19.2. The second-order valence-corrected chi connectivity index (χ2v) is 7.79. The lowest BCUT2D eigenvalue weighted by Gasteiger charge is -2.20. The summed E-state index contributed by atoms with van der Waals surface area (Å²) in [5, 5.41) is 4.15. The van der Waals surface area contributed by atoms with E-state index in [4.69, 9.17) is 16.3 Å². The smallest absolute Gasteiger partial charge is 0.165 e. The minimum atomic E-state index is -0.156. The van der Waals surface area contributed by atoms with Crippen LogP contribution in [0.15, 0.2) is 72.8 Å². The fraction of sp³-hybridized carbons (Fsp3) is 0.136. The van der Waals surface area contributed by atoms with Gasteiger partial charge in [-0.15, -0.1) is 0 Å². The first-order valence-corrected chi connectivity index (χ1v) is 9.95. The summed E-state index contributed by atoms with van der Waals surface area (Å²) in [6.45, 7) is 0. The molecule has 0 radical (unpaired) electrons. The quantitative estimate of drug-likeness (QED) is 0.308. The van der Waals surface area contributed by atoms with E-state index in [-0.39, 0.29) is 11.8 Å². The Hall–Kier alpha value is -2.05. The fourth-order valence-electron chi connectivity index (χ4n) is 2.77. The first-order chi connectivity index (χ1) is 13.0. The third-order valence-corrected chi connectivity index (χ3v) is 5.23. The standard InChI is InChI=1S/C22H19ClINO2/c1-27-20-12-4-16(5-13-20)22(26)14-21(15-2-6-17(23)7-3-15)25-19-10-8-18(24)9-11-19/h2-13,21,25H,14H2,1H3/t21-/m1/s1. The van der Waals surface area contributed by atoms with E-state index in [1.165, 1.54) is 0 Å². The average molecular weight is 492 g/mol. The van der Waals surface area contributed by atoms with E-state index in [9.17, 15) is 4.79 Å². The van der Waals surface area contributed by atoms with Crippen LogP contribution in [-0.4, -0.2) is 12.9 Å². The molecule has 0 amide bonds. The fourth-order valence-corrected chi connectivity index (χ4v) is 3.26. The molecule has 0 bridgehead atoms. The number of hydrogen-bond donors (Lipinski definition) is 1. The molecule has 27 heavy (non-hydrogen) atoms. The maximum Gasteiger partial charge on any atom is 0.165 e. The molecule has 1 N–H and O–H groups in total. The second kappa shape index (κ2) is 9.24. The summed E-state index contributed by atoms with van der Waals surface area (Å²) in [6.07, 6.45) is 0.333. The molecule has 0 aliphatic carbocycles. The van der Waals surface area contributed by atoms with Crippen LogP contribution in [0.3, 0.4) is 0 Å². The van der Waals surface area contributed by atoms with Crippen molar-refractivity contribution in [1.29, 1.82) is 0 Å². The van der Waals surface area contributed by atoms with Crippen molar-refractivity contribution in [2.24, 2.45) is 0 Å². The van der Waals surface area contributed by atoms with Crippen LogP contribution < -0.4 is 10.1 Å². The van der Waals surface area contributed by atoms with E-state index >= 15 is 0 Å². The van der Waals surface area contributed by atoms with Gasteiger partial charge in [0.1, 0.15) is 5.75 Å². The molecule has 0 unspecified atom stereocenters. The molecule has 3 aromatic carbocycles. The van der Waals surface area contributed by atoms with E-state index in [0.717, 1.165) is 20.6 Å². The molecule has 0 spiro atoms. The lowest BCUT2D eigenvalue weighted by atomic mass is 9.97. The highest BCUT2D eigenvalue weighted by molar-refractivity contribution is 14.1. The van der Waals surface area contributed by atoms with Crippen LogP contribution >= 0.6 is 34.2 Å². The van der Waals surface area contributed by atoms with E-state index < -0.39 is 0 Å². The van der Waals surface area contributed by atoms with Crippen molar-refractivity contribution in [1.82, 2.24) is 0 Å². The molecule has 1 atom stereocenters. The Bertz CT molecular complexity index is 893. The van der Waals surface area contributed by atoms with Crippen LogP contribution in [0, 0.1) is 3.57 Å². The van der Waals surface area contributed by atoms with Crippen molar-refractivity contribution in [3.8, 4) is 5.75 Å². The molecule has 0 fully saturated rings. The van der Waals surface area contributed by atoms with Gasteiger partial charge in [-0.3, -0.25) is 4.79 Å². The van der Waals surface area contributed by atoms with Gasteiger partial charge in [0.25, 0.3) is 0 Å². The Kier molecular flexibility index (Phi) is 6.74. The molecule has 0 saturated carbocycles. The van der Waals surface area contributed by atoms with Gasteiger partial charge in [0.2, 0.25) is 0 Å². The summed E-state index contributed by atoms with van der Waals surface area (Å²) in [6, 6.07) is 22.7. The molecule has 5 heteroatoms. The van der Waals surface area contributed by atoms with Crippen molar-refractivity contribution in [2.75, 3.05) is 12.4 Å². The Balaban J connectivity index is 1.82. The summed E-state index contributed by atoms with van der Waals surface area (Å²) in [7, 11) is 1.61. The monoisotopic (exact) mass is 491 g/mol. The summed E-state index contributed by atoms with van der Waals surface area (Å²) >= 11 is 8.30. The summed E-state index contributed by atoms with van der Waals surface area (Å²) in [5.41, 5.74) is 2.65. The number of methoxy groups -OCH3 is 1. The normalized spacial score (nSPS) is 11.7. The zero-order valence-corrected chi connectivity index (χ0v) is 17.7. The van der Waals surface area contributed by atoms with E-state index in [2.05, 4.69) is 27.9 Å². The first kappa shape index (κ1) is 19.7. The van der Waals surface area contributed by atoms with Crippen molar-refractivity contribution in [3.05, 3.63) is 92.5 Å².